The monoisotopic (exact) mass is 302 g/mol. The molecule has 6 nitrogen and oxygen atoms in total. The van der Waals surface area contributed by atoms with Crippen molar-refractivity contribution in [2.24, 2.45) is 10.8 Å². The Morgan fingerprint density at radius 1 is 1.14 bits per heavy atom. The van der Waals surface area contributed by atoms with Gasteiger partial charge in [-0.05, 0) is 11.6 Å². The number of esters is 2. The Labute approximate surface area is 125 Å². The predicted octanol–water partition coefficient (Wildman–Crippen LogP) is 1.29. The van der Waals surface area contributed by atoms with Gasteiger partial charge in [-0.1, -0.05) is 18.2 Å². The highest BCUT2D eigenvalue weighted by molar-refractivity contribution is 6.09. The van der Waals surface area contributed by atoms with E-state index < -0.39 is 34.5 Å². The van der Waals surface area contributed by atoms with E-state index >= 15 is 0 Å². The van der Waals surface area contributed by atoms with Crippen LogP contribution in [0.1, 0.15) is 11.5 Å². The van der Waals surface area contributed by atoms with E-state index in [0.29, 0.717) is 0 Å². The van der Waals surface area contributed by atoms with Crippen LogP contribution in [0.15, 0.2) is 24.3 Å². The molecule has 0 saturated heterocycles. The van der Waals surface area contributed by atoms with E-state index in [1.54, 1.807) is 12.1 Å². The highest BCUT2D eigenvalue weighted by atomic mass is 19.1. The summed E-state index contributed by atoms with van der Waals surface area (Å²) in [4.78, 5) is 24.4. The molecule has 0 spiro atoms. The molecule has 1 fully saturated rings. The van der Waals surface area contributed by atoms with Crippen molar-refractivity contribution < 1.29 is 23.5 Å². The highest BCUT2D eigenvalue weighted by Crippen LogP contribution is 2.75. The van der Waals surface area contributed by atoms with Crippen LogP contribution in [-0.4, -0.2) is 26.2 Å². The summed E-state index contributed by atoms with van der Waals surface area (Å²) in [6, 6.07) is 8.67. The smallest absolute Gasteiger partial charge is 0.326 e. The average Bonchev–Trinajstić information content (AvgIpc) is 3.18. The van der Waals surface area contributed by atoms with Crippen molar-refractivity contribution in [3.63, 3.8) is 0 Å². The number of hydrogen-bond acceptors (Lipinski definition) is 6. The predicted molar refractivity (Wildman–Crippen MR) is 69.3 cm³/mol. The third-order valence-electron chi connectivity index (χ3n) is 3.99. The number of rotatable bonds is 3. The molecule has 0 N–H and O–H groups in total. The summed E-state index contributed by atoms with van der Waals surface area (Å²) in [5.41, 5.74) is -4.35. The molecular formula is C15H11FN2O4. The van der Waals surface area contributed by atoms with Crippen molar-refractivity contribution >= 4 is 11.9 Å². The van der Waals surface area contributed by atoms with Crippen molar-refractivity contribution in [2.75, 3.05) is 14.2 Å². The topological polar surface area (TPSA) is 100 Å². The Balaban J connectivity index is 2.75. The quantitative estimate of drug-likeness (QED) is 0.616. The second kappa shape index (κ2) is 5.12. The average molecular weight is 302 g/mol. The van der Waals surface area contributed by atoms with Gasteiger partial charge in [0.2, 0.25) is 5.41 Å². The molecule has 7 heteroatoms. The largest absolute Gasteiger partial charge is 0.468 e. The van der Waals surface area contributed by atoms with Crippen LogP contribution in [0.3, 0.4) is 0 Å². The fourth-order valence-corrected chi connectivity index (χ4v) is 2.94. The molecule has 22 heavy (non-hydrogen) atoms. The molecule has 112 valence electrons. The maximum atomic E-state index is 14.1. The molecule has 0 heterocycles. The van der Waals surface area contributed by atoms with Crippen LogP contribution in [0.2, 0.25) is 0 Å². The summed E-state index contributed by atoms with van der Waals surface area (Å²) >= 11 is 0. The zero-order chi connectivity index (χ0) is 16.5. The third-order valence-corrected chi connectivity index (χ3v) is 3.99. The zero-order valence-electron chi connectivity index (χ0n) is 11.8. The summed E-state index contributed by atoms with van der Waals surface area (Å²) in [6.07, 6.45) is 0. The van der Waals surface area contributed by atoms with Gasteiger partial charge in [-0.3, -0.25) is 9.59 Å². The summed E-state index contributed by atoms with van der Waals surface area (Å²) in [5, 5.41) is 18.8. The first-order chi connectivity index (χ1) is 10.5. The lowest BCUT2D eigenvalue weighted by Crippen LogP contribution is -2.34. The van der Waals surface area contributed by atoms with Crippen molar-refractivity contribution in [2.45, 2.75) is 5.92 Å². The number of carbonyl (C=O) groups excluding carboxylic acids is 2. The number of methoxy groups -OCH3 is 2. The standard InChI is InChI=1S/C15H11FN2O4/c1-21-12(19)15(13(20)22-2)11(14(15,7-17)8-18)9-5-3-4-6-10(9)16/h3-6,11H,1-2H3. The minimum atomic E-state index is -2.19. The second-order valence-electron chi connectivity index (χ2n) is 4.78. The molecule has 2 rings (SSSR count). The Kier molecular flexibility index (Phi) is 3.60. The molecule has 0 aromatic heterocycles. The van der Waals surface area contributed by atoms with Crippen molar-refractivity contribution in [1.82, 2.24) is 0 Å². The molecule has 1 aliphatic carbocycles. The SMILES string of the molecule is COC(=O)C1(C(=O)OC)C(c2ccccc2F)C1(C#N)C#N. The fraction of sp³-hybridized carbons (Fsp3) is 0.333. The minimum Gasteiger partial charge on any atom is -0.468 e. The molecule has 0 amide bonds. The number of carbonyl (C=O) groups is 2. The molecule has 1 aromatic carbocycles. The second-order valence-corrected chi connectivity index (χ2v) is 4.78. The number of halogens is 1. The van der Waals surface area contributed by atoms with Crippen molar-refractivity contribution in [3.05, 3.63) is 35.6 Å². The Morgan fingerprint density at radius 3 is 2.05 bits per heavy atom. The van der Waals surface area contributed by atoms with Crippen LogP contribution in [-0.2, 0) is 19.1 Å². The normalized spacial score (nSPS) is 20.1. The van der Waals surface area contributed by atoms with Gasteiger partial charge in [-0.15, -0.1) is 0 Å². The van der Waals surface area contributed by atoms with Gasteiger partial charge < -0.3 is 9.47 Å². The van der Waals surface area contributed by atoms with Gasteiger partial charge in [-0.2, -0.15) is 10.5 Å². The number of ether oxygens (including phenoxy) is 2. The first-order valence-corrected chi connectivity index (χ1v) is 6.21. The van der Waals surface area contributed by atoms with E-state index in [0.717, 1.165) is 20.3 Å². The lowest BCUT2D eigenvalue weighted by atomic mass is 9.95. The maximum Gasteiger partial charge on any atom is 0.326 e. The van der Waals surface area contributed by atoms with E-state index in [2.05, 4.69) is 9.47 Å². The molecule has 0 radical (unpaired) electrons. The van der Waals surface area contributed by atoms with Gasteiger partial charge in [0.15, 0.2) is 5.41 Å². The van der Waals surface area contributed by atoms with Gasteiger partial charge in [-0.25, -0.2) is 4.39 Å². The van der Waals surface area contributed by atoms with Gasteiger partial charge in [0, 0.05) is 0 Å². The molecule has 1 aromatic rings. The van der Waals surface area contributed by atoms with E-state index in [-0.39, 0.29) is 5.56 Å². The summed E-state index contributed by atoms with van der Waals surface area (Å²) in [5.74, 6) is -4.22. The molecule has 0 aliphatic heterocycles. The van der Waals surface area contributed by atoms with Crippen LogP contribution >= 0.6 is 0 Å². The van der Waals surface area contributed by atoms with E-state index in [1.165, 1.54) is 18.2 Å². The Bertz CT molecular complexity index is 702. The third kappa shape index (κ3) is 1.57. The van der Waals surface area contributed by atoms with E-state index in [9.17, 15) is 24.5 Å². The van der Waals surface area contributed by atoms with Gasteiger partial charge in [0.05, 0.1) is 32.3 Å². The van der Waals surface area contributed by atoms with Crippen LogP contribution < -0.4 is 0 Å². The molecule has 1 atom stereocenters. The molecular weight excluding hydrogens is 291 g/mol. The fourth-order valence-electron chi connectivity index (χ4n) is 2.94. The van der Waals surface area contributed by atoms with E-state index in [4.69, 9.17) is 0 Å². The first-order valence-electron chi connectivity index (χ1n) is 6.21. The summed E-state index contributed by atoms with van der Waals surface area (Å²) in [6.45, 7) is 0. The van der Waals surface area contributed by atoms with Gasteiger partial charge in [0.25, 0.3) is 0 Å². The maximum absolute atomic E-state index is 14.1. The van der Waals surface area contributed by atoms with Crippen molar-refractivity contribution in [1.29, 1.82) is 10.5 Å². The Hall–Kier alpha value is -2.93. The van der Waals surface area contributed by atoms with Crippen LogP contribution in [0.4, 0.5) is 4.39 Å². The van der Waals surface area contributed by atoms with Gasteiger partial charge >= 0.3 is 11.9 Å². The van der Waals surface area contributed by atoms with Crippen LogP contribution in [0.25, 0.3) is 0 Å². The van der Waals surface area contributed by atoms with Crippen LogP contribution in [0.5, 0.6) is 0 Å². The summed E-state index contributed by atoms with van der Waals surface area (Å²) < 4.78 is 23.2. The molecule has 1 saturated carbocycles. The number of nitrogens with zero attached hydrogens (tertiary/aromatic N) is 2. The summed E-state index contributed by atoms with van der Waals surface area (Å²) in [7, 11) is 2.03. The number of hydrogen-bond donors (Lipinski definition) is 0. The lowest BCUT2D eigenvalue weighted by Gasteiger charge is -2.13. The highest BCUT2D eigenvalue weighted by Gasteiger charge is 2.89. The number of benzene rings is 1. The molecule has 1 unspecified atom stereocenters. The van der Waals surface area contributed by atoms with Crippen LogP contribution in [0, 0.1) is 39.3 Å². The van der Waals surface area contributed by atoms with Crippen molar-refractivity contribution in [3.8, 4) is 12.1 Å². The minimum absolute atomic E-state index is 0.0820. The lowest BCUT2D eigenvalue weighted by molar-refractivity contribution is -0.162. The molecule has 1 aliphatic rings. The number of nitriles is 2. The Morgan fingerprint density at radius 2 is 1.64 bits per heavy atom. The first kappa shape index (κ1) is 15.5. The zero-order valence-corrected chi connectivity index (χ0v) is 11.8. The van der Waals surface area contributed by atoms with Gasteiger partial charge in [0.1, 0.15) is 5.82 Å². The molecule has 0 bridgehead atoms. The van der Waals surface area contributed by atoms with E-state index in [1.807, 2.05) is 0 Å².